The fraction of sp³-hybridized carbons (Fsp3) is 0. The Morgan fingerprint density at radius 2 is 0.384 bits per heavy atom. The molecule has 0 aliphatic rings. The number of anilines is 9. The van der Waals surface area contributed by atoms with Crippen LogP contribution >= 0.6 is 34.0 Å². The number of hydrogen-bond acceptors (Lipinski definition) is 6. The maximum atomic E-state index is 2.47. The second-order valence-electron chi connectivity index (χ2n) is 35.9. The summed E-state index contributed by atoms with van der Waals surface area (Å²) in [6.07, 6.45) is 0. The molecule has 29 aromatic rings. The minimum absolute atomic E-state index is 1.12. The number of thiophene rings is 3. The lowest BCUT2D eigenvalue weighted by Crippen LogP contribution is -2.11. The van der Waals surface area contributed by atoms with Crippen LogP contribution in [0.2, 0.25) is 0 Å². The van der Waals surface area contributed by atoms with Crippen molar-refractivity contribution in [1.29, 1.82) is 0 Å². The highest BCUT2D eigenvalue weighted by Gasteiger charge is 2.26. The second kappa shape index (κ2) is 33.5. The van der Waals surface area contributed by atoms with Crippen LogP contribution in [0.15, 0.2) is 504 Å². The SMILES string of the molecule is c1ccc(-c2c(-c3ccc(N(c4ccc5ccc6c7ccccc7sc6c5c4)c4cccc5ccccc45)cc3)c3ccccc3c3ccccc23)cc1.c1ccc2c(N(c3ccc4c(ccc5ccccc54)c3)c3ccc4ccc5c6ccccc6sc5c4c3)cccc2c1.c1ccc2c(N(c3ccc4ccc5c6ccccc6sc5c4c3)c3cc4ccccc4c4ccccc34)cccc2c1. The van der Waals surface area contributed by atoms with E-state index in [1.54, 1.807) is 0 Å². The van der Waals surface area contributed by atoms with Gasteiger partial charge in [0, 0.05) is 127 Å². The predicted octanol–water partition coefficient (Wildman–Crippen LogP) is 39.7. The largest absolute Gasteiger partial charge is 0.310 e. The summed E-state index contributed by atoms with van der Waals surface area (Å²) in [5, 5.41) is 38.2. The molecule has 0 fully saturated rings. The molecule has 644 valence electrons. The lowest BCUT2D eigenvalue weighted by Gasteiger charge is -2.29. The first-order valence-corrected chi connectivity index (χ1v) is 49.7. The monoisotopic (exact) mass is 1810 g/mol. The number of rotatable bonds is 11. The van der Waals surface area contributed by atoms with Gasteiger partial charge in [-0.1, -0.05) is 400 Å². The highest BCUT2D eigenvalue weighted by molar-refractivity contribution is 7.27. The molecule has 0 spiro atoms. The first-order chi connectivity index (χ1) is 68.4. The molecule has 0 bridgehead atoms. The quantitative estimate of drug-likeness (QED) is 0.120. The van der Waals surface area contributed by atoms with Crippen molar-refractivity contribution in [2.24, 2.45) is 0 Å². The van der Waals surface area contributed by atoms with Gasteiger partial charge in [0.2, 0.25) is 0 Å². The fourth-order valence-electron chi connectivity index (χ4n) is 21.8. The van der Waals surface area contributed by atoms with Crippen molar-refractivity contribution in [3.05, 3.63) is 504 Å². The minimum atomic E-state index is 1.12. The molecule has 138 heavy (non-hydrogen) atoms. The first-order valence-electron chi connectivity index (χ1n) is 47.2. The fourth-order valence-corrected chi connectivity index (χ4v) is 25.5. The Balaban J connectivity index is 0.000000106. The Morgan fingerprint density at radius 1 is 0.123 bits per heavy atom. The molecule has 0 saturated heterocycles. The number of benzene rings is 26. The van der Waals surface area contributed by atoms with E-state index in [4.69, 9.17) is 0 Å². The topological polar surface area (TPSA) is 9.72 Å². The molecule has 6 heteroatoms. The molecule has 0 aliphatic carbocycles. The van der Waals surface area contributed by atoms with Crippen LogP contribution < -0.4 is 14.7 Å². The summed E-state index contributed by atoms with van der Waals surface area (Å²) in [5.41, 5.74) is 15.4. The van der Waals surface area contributed by atoms with Crippen molar-refractivity contribution >= 4 is 275 Å². The average molecular weight is 1810 g/mol. The van der Waals surface area contributed by atoms with Gasteiger partial charge in [0.25, 0.3) is 0 Å². The van der Waals surface area contributed by atoms with Gasteiger partial charge in [0.15, 0.2) is 0 Å². The molecule has 26 aromatic carbocycles. The molecular formula is C132H83N3S3. The van der Waals surface area contributed by atoms with Crippen molar-refractivity contribution in [3.63, 3.8) is 0 Å². The third-order valence-electron chi connectivity index (χ3n) is 28.2. The summed E-state index contributed by atoms with van der Waals surface area (Å²) in [6.45, 7) is 0. The number of fused-ring (bicyclic) bond motifs is 27. The van der Waals surface area contributed by atoms with E-state index in [2.05, 4.69) is 518 Å². The molecule has 0 unspecified atom stereocenters. The zero-order chi connectivity index (χ0) is 90.8. The summed E-state index contributed by atoms with van der Waals surface area (Å²) in [7, 11) is 0. The van der Waals surface area contributed by atoms with Crippen LogP contribution in [0.4, 0.5) is 51.2 Å². The highest BCUT2D eigenvalue weighted by Crippen LogP contribution is 2.53. The van der Waals surface area contributed by atoms with Gasteiger partial charge >= 0.3 is 0 Å². The van der Waals surface area contributed by atoms with Gasteiger partial charge in [-0.2, -0.15) is 0 Å². The summed E-state index contributed by atoms with van der Waals surface area (Å²) >= 11 is 5.67. The van der Waals surface area contributed by atoms with Crippen LogP contribution in [0.1, 0.15) is 0 Å². The Labute approximate surface area is 808 Å². The van der Waals surface area contributed by atoms with Gasteiger partial charge in [0.05, 0.1) is 22.7 Å². The Kier molecular flexibility index (Phi) is 19.6. The lowest BCUT2D eigenvalue weighted by atomic mass is 9.85. The molecule has 0 saturated carbocycles. The molecule has 3 aromatic heterocycles. The van der Waals surface area contributed by atoms with E-state index in [9.17, 15) is 0 Å². The van der Waals surface area contributed by atoms with Crippen molar-refractivity contribution < 1.29 is 0 Å². The molecule has 0 N–H and O–H groups in total. The standard InChI is InChI=1S/C52H33NS.2C40H25NS/c1-2-14-36(15-3-1)50-44-21-8-6-18-41(44)42-19-7-9-22-45(42)51(50)37-26-29-38(30-27-37)53(48-23-12-16-34-13-4-5-17-40(34)48)39-31-25-35-28-32-46-43-20-10-11-24-49(43)54-52(46)47(35)33-39;1-4-14-31-26(10-1)12-9-18-37(31)41(38-24-28-11-2-3-13-30(28)32-15-5-6-16-33(32)38)29-22-20-27-21-23-35-34-17-7-8-19-39(34)42-40(35)36(27)25-29;1-3-11-32-27(9-1)16-17-29-24-30(21-23-33(29)32)41(38-14-7-10-26-8-2-4-12-34(26)38)31-20-18-28-19-22-36-35-13-5-6-15-39(35)42-40(36)37(28)25-31/h1-33H;2*1-25H. The van der Waals surface area contributed by atoms with E-state index in [1.165, 1.54) is 229 Å². The molecular weight excluding hydrogens is 1720 g/mol. The summed E-state index contributed by atoms with van der Waals surface area (Å²) < 4.78 is 8.01. The Hall–Kier alpha value is -17.1. The van der Waals surface area contributed by atoms with Crippen LogP contribution in [0.5, 0.6) is 0 Å². The van der Waals surface area contributed by atoms with Crippen molar-refractivity contribution in [2.75, 3.05) is 14.7 Å². The smallest absolute Gasteiger partial charge is 0.0546 e. The van der Waals surface area contributed by atoms with Gasteiger partial charge in [0.1, 0.15) is 0 Å². The van der Waals surface area contributed by atoms with Crippen LogP contribution in [-0.4, -0.2) is 0 Å². The lowest BCUT2D eigenvalue weighted by molar-refractivity contribution is 1.30. The van der Waals surface area contributed by atoms with Gasteiger partial charge in [-0.15, -0.1) is 34.0 Å². The van der Waals surface area contributed by atoms with Crippen molar-refractivity contribution in [3.8, 4) is 22.3 Å². The van der Waals surface area contributed by atoms with Crippen LogP contribution in [0.25, 0.3) is 212 Å². The molecule has 0 amide bonds. The van der Waals surface area contributed by atoms with E-state index >= 15 is 0 Å². The first kappa shape index (κ1) is 80.5. The summed E-state index contributed by atoms with van der Waals surface area (Å²) in [5.74, 6) is 0. The van der Waals surface area contributed by atoms with Crippen LogP contribution in [0, 0.1) is 0 Å². The van der Waals surface area contributed by atoms with Gasteiger partial charge in [-0.3, -0.25) is 0 Å². The van der Waals surface area contributed by atoms with Crippen molar-refractivity contribution in [1.82, 2.24) is 0 Å². The Bertz CT molecular complexity index is 9970. The summed E-state index contributed by atoms with van der Waals surface area (Å²) in [4.78, 5) is 7.35. The molecule has 0 aliphatic heterocycles. The van der Waals surface area contributed by atoms with Crippen molar-refractivity contribution in [2.45, 2.75) is 0 Å². The van der Waals surface area contributed by atoms with E-state index < -0.39 is 0 Å². The minimum Gasteiger partial charge on any atom is -0.310 e. The maximum Gasteiger partial charge on any atom is 0.0546 e. The normalized spacial score (nSPS) is 11.8. The second-order valence-corrected chi connectivity index (χ2v) is 39.1. The van der Waals surface area contributed by atoms with Crippen LogP contribution in [0.3, 0.4) is 0 Å². The maximum absolute atomic E-state index is 2.47. The van der Waals surface area contributed by atoms with E-state index in [0.29, 0.717) is 0 Å². The number of nitrogens with zero attached hydrogens (tertiary/aromatic N) is 3. The van der Waals surface area contributed by atoms with E-state index in [1.807, 2.05) is 34.0 Å². The molecule has 0 radical (unpaired) electrons. The zero-order valence-electron chi connectivity index (χ0n) is 75.0. The van der Waals surface area contributed by atoms with E-state index in [-0.39, 0.29) is 0 Å². The van der Waals surface area contributed by atoms with Gasteiger partial charge in [-0.25, -0.2) is 0 Å². The Morgan fingerprint density at radius 3 is 0.841 bits per heavy atom. The van der Waals surface area contributed by atoms with Crippen LogP contribution in [-0.2, 0) is 0 Å². The van der Waals surface area contributed by atoms with Gasteiger partial charge in [-0.05, 0) is 217 Å². The third kappa shape index (κ3) is 13.7. The molecule has 3 nitrogen and oxygen atoms in total. The summed E-state index contributed by atoms with van der Waals surface area (Å²) in [6, 6.07) is 185. The van der Waals surface area contributed by atoms with Gasteiger partial charge < -0.3 is 14.7 Å². The number of hydrogen-bond donors (Lipinski definition) is 0. The zero-order valence-corrected chi connectivity index (χ0v) is 77.4. The molecule has 29 rings (SSSR count). The molecule has 0 atom stereocenters. The third-order valence-corrected chi connectivity index (χ3v) is 31.9. The highest BCUT2D eigenvalue weighted by atomic mass is 32.1. The van der Waals surface area contributed by atoms with E-state index in [0.717, 1.165) is 34.1 Å². The predicted molar refractivity (Wildman–Crippen MR) is 603 cm³/mol. The average Bonchev–Trinajstić information content (AvgIpc) is 0.829. The molecule has 3 heterocycles.